The van der Waals surface area contributed by atoms with Gasteiger partial charge in [-0.3, -0.25) is 4.79 Å². The van der Waals surface area contributed by atoms with Crippen LogP contribution in [0.2, 0.25) is 0 Å². The van der Waals surface area contributed by atoms with Crippen LogP contribution in [0.3, 0.4) is 0 Å². The summed E-state index contributed by atoms with van der Waals surface area (Å²) in [6.07, 6.45) is 0. The molecule has 0 saturated heterocycles. The Labute approximate surface area is 124 Å². The molecule has 0 aliphatic carbocycles. The van der Waals surface area contributed by atoms with Crippen LogP contribution in [0, 0.1) is 5.92 Å². The van der Waals surface area contributed by atoms with Crippen LogP contribution in [-0.2, 0) is 0 Å². The molecule has 0 fully saturated rings. The summed E-state index contributed by atoms with van der Waals surface area (Å²) in [7, 11) is 2.02. The Morgan fingerprint density at radius 1 is 1.50 bits per heavy atom. The lowest BCUT2D eigenvalue weighted by atomic mass is 10.2. The van der Waals surface area contributed by atoms with Crippen LogP contribution >= 0.6 is 11.3 Å². The number of nitrogens with one attached hydrogen (secondary N) is 2. The van der Waals surface area contributed by atoms with Gasteiger partial charge in [0.25, 0.3) is 5.91 Å². The number of rotatable bonds is 8. The molecule has 114 valence electrons. The quantitative estimate of drug-likeness (QED) is 0.677. The van der Waals surface area contributed by atoms with Crippen molar-refractivity contribution >= 4 is 28.2 Å². The van der Waals surface area contributed by atoms with Crippen molar-refractivity contribution in [1.29, 1.82) is 0 Å². The SMILES string of the molecule is CCN(C)CCNC(=O)c1sc(NCC(C)C)nc1N. The van der Waals surface area contributed by atoms with Crippen LogP contribution in [0.4, 0.5) is 10.9 Å². The number of amides is 1. The molecule has 0 bridgehead atoms. The number of carbonyl (C=O) groups excluding carboxylic acids is 1. The summed E-state index contributed by atoms with van der Waals surface area (Å²) in [4.78, 5) is 18.8. The highest BCUT2D eigenvalue weighted by Crippen LogP contribution is 2.24. The minimum Gasteiger partial charge on any atom is -0.382 e. The number of nitrogens with two attached hydrogens (primary N) is 1. The molecule has 1 rings (SSSR count). The van der Waals surface area contributed by atoms with Crippen molar-refractivity contribution in [3.8, 4) is 0 Å². The van der Waals surface area contributed by atoms with Gasteiger partial charge in [0.05, 0.1) is 0 Å². The fourth-order valence-corrected chi connectivity index (χ4v) is 2.27. The van der Waals surface area contributed by atoms with Crippen molar-refractivity contribution in [3.63, 3.8) is 0 Å². The van der Waals surface area contributed by atoms with E-state index >= 15 is 0 Å². The molecule has 0 radical (unpaired) electrons. The molecular formula is C13H25N5OS. The van der Waals surface area contributed by atoms with Crippen molar-refractivity contribution in [2.75, 3.05) is 44.3 Å². The summed E-state index contributed by atoms with van der Waals surface area (Å²) >= 11 is 1.30. The van der Waals surface area contributed by atoms with E-state index in [2.05, 4.69) is 41.3 Å². The lowest BCUT2D eigenvalue weighted by Gasteiger charge is -2.13. The predicted molar refractivity (Wildman–Crippen MR) is 85.4 cm³/mol. The summed E-state index contributed by atoms with van der Waals surface area (Å²) in [5, 5.41) is 6.75. The second-order valence-electron chi connectivity index (χ2n) is 5.16. The minimum absolute atomic E-state index is 0.151. The smallest absolute Gasteiger partial charge is 0.265 e. The molecule has 0 saturated carbocycles. The maximum atomic E-state index is 12.0. The Hall–Kier alpha value is -1.34. The Bertz CT molecular complexity index is 432. The van der Waals surface area contributed by atoms with Crippen molar-refractivity contribution < 1.29 is 4.79 Å². The summed E-state index contributed by atoms with van der Waals surface area (Å²) in [5.74, 6) is 0.659. The number of aromatic nitrogens is 1. The highest BCUT2D eigenvalue weighted by Gasteiger charge is 2.15. The van der Waals surface area contributed by atoms with Crippen molar-refractivity contribution in [3.05, 3.63) is 4.88 Å². The van der Waals surface area contributed by atoms with Gasteiger partial charge < -0.3 is 21.3 Å². The molecule has 4 N–H and O–H groups in total. The highest BCUT2D eigenvalue weighted by atomic mass is 32.1. The number of nitrogen functional groups attached to an aromatic ring is 1. The third-order valence-corrected chi connectivity index (χ3v) is 3.87. The number of hydrogen-bond acceptors (Lipinski definition) is 6. The first-order valence-electron chi connectivity index (χ1n) is 6.91. The number of carbonyl (C=O) groups is 1. The Kier molecular flexibility index (Phi) is 6.74. The zero-order chi connectivity index (χ0) is 15.1. The molecule has 0 aromatic carbocycles. The van der Waals surface area contributed by atoms with E-state index < -0.39 is 0 Å². The van der Waals surface area contributed by atoms with Crippen LogP contribution in [0.1, 0.15) is 30.4 Å². The molecule has 1 aromatic heterocycles. The highest BCUT2D eigenvalue weighted by molar-refractivity contribution is 7.18. The van der Waals surface area contributed by atoms with Gasteiger partial charge in [-0.15, -0.1) is 0 Å². The number of anilines is 2. The van der Waals surface area contributed by atoms with E-state index in [0.717, 1.165) is 19.6 Å². The Balaban J connectivity index is 2.51. The fourth-order valence-electron chi connectivity index (χ4n) is 1.46. The molecule has 6 nitrogen and oxygen atoms in total. The minimum atomic E-state index is -0.151. The van der Waals surface area contributed by atoms with Gasteiger partial charge in [-0.1, -0.05) is 32.1 Å². The van der Waals surface area contributed by atoms with Crippen LogP contribution < -0.4 is 16.4 Å². The molecule has 1 aromatic rings. The number of nitrogens with zero attached hydrogens (tertiary/aromatic N) is 2. The van der Waals surface area contributed by atoms with Gasteiger partial charge in [0.2, 0.25) is 0 Å². The third kappa shape index (κ3) is 5.34. The average molecular weight is 299 g/mol. The van der Waals surface area contributed by atoms with E-state index in [9.17, 15) is 4.79 Å². The molecule has 0 unspecified atom stereocenters. The average Bonchev–Trinajstić information content (AvgIpc) is 2.77. The van der Waals surface area contributed by atoms with Crippen LogP contribution in [0.25, 0.3) is 0 Å². The predicted octanol–water partition coefficient (Wildman–Crippen LogP) is 1.47. The Morgan fingerprint density at radius 3 is 2.80 bits per heavy atom. The lowest BCUT2D eigenvalue weighted by molar-refractivity contribution is 0.0955. The number of hydrogen-bond donors (Lipinski definition) is 3. The van der Waals surface area contributed by atoms with E-state index in [1.807, 2.05) is 7.05 Å². The fraction of sp³-hybridized carbons (Fsp3) is 0.692. The maximum absolute atomic E-state index is 12.0. The molecule has 0 spiro atoms. The van der Waals surface area contributed by atoms with Crippen LogP contribution in [0.5, 0.6) is 0 Å². The molecule has 0 aliphatic heterocycles. The van der Waals surface area contributed by atoms with E-state index in [1.165, 1.54) is 11.3 Å². The molecule has 0 atom stereocenters. The monoisotopic (exact) mass is 299 g/mol. The van der Waals surface area contributed by atoms with Gasteiger partial charge in [-0.25, -0.2) is 4.98 Å². The van der Waals surface area contributed by atoms with E-state index in [0.29, 0.717) is 28.3 Å². The largest absolute Gasteiger partial charge is 0.382 e. The summed E-state index contributed by atoms with van der Waals surface area (Å²) < 4.78 is 0. The first-order chi connectivity index (χ1) is 9.43. The number of thiazole rings is 1. The van der Waals surface area contributed by atoms with E-state index in [1.54, 1.807) is 0 Å². The first-order valence-corrected chi connectivity index (χ1v) is 7.72. The van der Waals surface area contributed by atoms with Crippen LogP contribution in [-0.4, -0.2) is 49.0 Å². The maximum Gasteiger partial charge on any atom is 0.265 e. The lowest BCUT2D eigenvalue weighted by Crippen LogP contribution is -2.32. The molecule has 7 heteroatoms. The second-order valence-corrected chi connectivity index (χ2v) is 6.16. The Morgan fingerprint density at radius 2 is 2.20 bits per heavy atom. The topological polar surface area (TPSA) is 83.3 Å². The van der Waals surface area contributed by atoms with Gasteiger partial charge in [0.15, 0.2) is 5.13 Å². The molecule has 1 amide bonds. The standard InChI is InChI=1S/C13H25N5OS/c1-5-18(4)7-6-15-12(19)10-11(14)17-13(20-10)16-8-9(2)3/h9H,5-8,14H2,1-4H3,(H,15,19)(H,16,17). The van der Waals surface area contributed by atoms with Crippen molar-refractivity contribution in [2.45, 2.75) is 20.8 Å². The summed E-state index contributed by atoms with van der Waals surface area (Å²) in [5.41, 5.74) is 5.79. The van der Waals surface area contributed by atoms with Gasteiger partial charge in [0.1, 0.15) is 10.7 Å². The molecule has 1 heterocycles. The van der Waals surface area contributed by atoms with Crippen molar-refractivity contribution in [1.82, 2.24) is 15.2 Å². The van der Waals surface area contributed by atoms with Gasteiger partial charge in [-0.2, -0.15) is 0 Å². The normalized spacial score (nSPS) is 11.1. The number of likely N-dealkylation sites (N-methyl/N-ethyl adjacent to an activating group) is 1. The molecular weight excluding hydrogens is 274 g/mol. The summed E-state index contributed by atoms with van der Waals surface area (Å²) in [6, 6.07) is 0. The molecule has 20 heavy (non-hydrogen) atoms. The zero-order valence-electron chi connectivity index (χ0n) is 12.7. The van der Waals surface area contributed by atoms with Crippen molar-refractivity contribution in [2.24, 2.45) is 5.92 Å². The van der Waals surface area contributed by atoms with E-state index in [4.69, 9.17) is 5.73 Å². The van der Waals surface area contributed by atoms with Gasteiger partial charge in [0, 0.05) is 19.6 Å². The first kappa shape index (κ1) is 16.7. The second kappa shape index (κ2) is 8.06. The third-order valence-electron chi connectivity index (χ3n) is 2.84. The van der Waals surface area contributed by atoms with Gasteiger partial charge in [-0.05, 0) is 19.5 Å². The summed E-state index contributed by atoms with van der Waals surface area (Å²) in [6.45, 7) is 9.51. The van der Waals surface area contributed by atoms with Crippen LogP contribution in [0.15, 0.2) is 0 Å². The van der Waals surface area contributed by atoms with E-state index in [-0.39, 0.29) is 5.91 Å². The molecule has 0 aliphatic rings. The van der Waals surface area contributed by atoms with Gasteiger partial charge >= 0.3 is 0 Å². The zero-order valence-corrected chi connectivity index (χ0v) is 13.5.